The number of aryl methyl sites for hydroxylation is 1. The molecule has 0 radical (unpaired) electrons. The lowest BCUT2D eigenvalue weighted by Crippen LogP contribution is -2.19. The van der Waals surface area contributed by atoms with Crippen molar-refractivity contribution < 1.29 is 23.2 Å². The Morgan fingerprint density at radius 2 is 1.59 bits per heavy atom. The molecule has 1 aliphatic rings. The minimum atomic E-state index is -1.41. The molecule has 0 aromatic heterocycles. The van der Waals surface area contributed by atoms with Crippen molar-refractivity contribution >= 4 is 92.8 Å². The summed E-state index contributed by atoms with van der Waals surface area (Å²) in [5, 5.41) is 7.70. The SMILES string of the molecule is CC(=O)Nc1c(F)ccc(NC(=O)c2cc(NC(=O)[C@H]3[C@H](c4ccc(Cl)c(Cl)c4)C3(Cl)Cl)cc(C)c2Cl)c1F. The van der Waals surface area contributed by atoms with Gasteiger partial charge in [0.1, 0.15) is 15.8 Å². The summed E-state index contributed by atoms with van der Waals surface area (Å²) in [5.74, 6) is -5.67. The summed E-state index contributed by atoms with van der Waals surface area (Å²) in [4.78, 5) is 37.4. The van der Waals surface area contributed by atoms with Gasteiger partial charge in [0.25, 0.3) is 5.91 Å². The number of alkyl halides is 2. The van der Waals surface area contributed by atoms with Crippen molar-refractivity contribution in [1.29, 1.82) is 0 Å². The van der Waals surface area contributed by atoms with Crippen molar-refractivity contribution in [1.82, 2.24) is 0 Å². The molecule has 39 heavy (non-hydrogen) atoms. The highest BCUT2D eigenvalue weighted by atomic mass is 35.5. The van der Waals surface area contributed by atoms with Gasteiger partial charge in [-0.25, -0.2) is 8.78 Å². The summed E-state index contributed by atoms with van der Waals surface area (Å²) in [6.07, 6.45) is 0. The second-order valence-electron chi connectivity index (χ2n) is 8.87. The number of hydrogen-bond acceptors (Lipinski definition) is 3. The average molecular weight is 636 g/mol. The van der Waals surface area contributed by atoms with Gasteiger partial charge in [-0.3, -0.25) is 14.4 Å². The third kappa shape index (κ3) is 5.95. The van der Waals surface area contributed by atoms with E-state index in [2.05, 4.69) is 10.6 Å². The van der Waals surface area contributed by atoms with Crippen LogP contribution < -0.4 is 16.0 Å². The molecule has 4 rings (SSSR count). The zero-order chi connectivity index (χ0) is 28.8. The van der Waals surface area contributed by atoms with E-state index in [4.69, 9.17) is 58.0 Å². The lowest BCUT2D eigenvalue weighted by Gasteiger charge is -2.14. The van der Waals surface area contributed by atoms with Crippen LogP contribution in [0.4, 0.5) is 25.8 Å². The van der Waals surface area contributed by atoms with Crippen LogP contribution in [0.2, 0.25) is 15.1 Å². The Bertz CT molecular complexity index is 1530. The molecule has 3 aromatic carbocycles. The molecule has 0 saturated heterocycles. The fourth-order valence-electron chi connectivity index (χ4n) is 4.13. The summed E-state index contributed by atoms with van der Waals surface area (Å²) in [6.45, 7) is 2.69. The Morgan fingerprint density at radius 3 is 2.23 bits per heavy atom. The molecule has 13 heteroatoms. The third-order valence-corrected chi connectivity index (χ3v) is 8.23. The zero-order valence-electron chi connectivity index (χ0n) is 20.1. The summed E-state index contributed by atoms with van der Waals surface area (Å²) < 4.78 is 27.4. The molecule has 1 fully saturated rings. The van der Waals surface area contributed by atoms with Gasteiger partial charge in [0.15, 0.2) is 5.82 Å². The molecule has 1 saturated carbocycles. The molecule has 204 valence electrons. The van der Waals surface area contributed by atoms with Gasteiger partial charge in [0.05, 0.1) is 32.2 Å². The molecule has 2 atom stereocenters. The fourth-order valence-corrected chi connectivity index (χ4v) is 5.46. The fraction of sp³-hybridized carbons (Fsp3) is 0.192. The first-order valence-electron chi connectivity index (χ1n) is 11.2. The van der Waals surface area contributed by atoms with Crippen LogP contribution in [0.1, 0.15) is 34.3 Å². The standard InChI is InChI=1S/C26H18Cl5F2N3O3/c1-10-7-13(35-25(39)20-19(26(20,30)31)12-3-4-15(27)16(28)8-12)9-14(21(10)29)24(38)36-18-6-5-17(32)23(22(18)33)34-11(2)37/h3-9,19-20H,1-2H3,(H,34,37)(H,35,39)(H,36,38)/t19-,20+/m0/s1. The number of carbonyl (C=O) groups excluding carboxylic acids is 3. The lowest BCUT2D eigenvalue weighted by molar-refractivity contribution is -0.117. The monoisotopic (exact) mass is 633 g/mol. The van der Waals surface area contributed by atoms with Crippen molar-refractivity contribution in [3.63, 3.8) is 0 Å². The molecule has 3 aromatic rings. The highest BCUT2D eigenvalue weighted by molar-refractivity contribution is 6.53. The van der Waals surface area contributed by atoms with Crippen molar-refractivity contribution in [3.05, 3.63) is 85.9 Å². The number of hydrogen-bond donors (Lipinski definition) is 3. The van der Waals surface area contributed by atoms with Gasteiger partial charge in [0, 0.05) is 18.5 Å². The van der Waals surface area contributed by atoms with Crippen molar-refractivity contribution in [2.75, 3.05) is 16.0 Å². The Kier molecular flexibility index (Phi) is 8.36. The van der Waals surface area contributed by atoms with Gasteiger partial charge in [-0.1, -0.05) is 40.9 Å². The van der Waals surface area contributed by atoms with Crippen LogP contribution in [0.3, 0.4) is 0 Å². The van der Waals surface area contributed by atoms with Crippen LogP contribution in [0, 0.1) is 24.5 Å². The van der Waals surface area contributed by atoms with E-state index in [9.17, 15) is 23.2 Å². The Balaban J connectivity index is 1.56. The smallest absolute Gasteiger partial charge is 0.257 e. The second-order valence-corrected chi connectivity index (χ2v) is 11.5. The first kappa shape index (κ1) is 29.4. The third-order valence-electron chi connectivity index (χ3n) is 6.05. The van der Waals surface area contributed by atoms with E-state index in [-0.39, 0.29) is 21.3 Å². The predicted octanol–water partition coefficient (Wildman–Crippen LogP) is 7.97. The normalized spacial score (nSPS) is 17.4. The summed E-state index contributed by atoms with van der Waals surface area (Å²) >= 11 is 31.2. The van der Waals surface area contributed by atoms with Crippen LogP contribution in [0.25, 0.3) is 0 Å². The second kappa shape index (κ2) is 11.1. The van der Waals surface area contributed by atoms with Gasteiger partial charge in [0.2, 0.25) is 11.8 Å². The van der Waals surface area contributed by atoms with Gasteiger partial charge in [-0.15, -0.1) is 23.2 Å². The molecular formula is C26H18Cl5F2N3O3. The minimum Gasteiger partial charge on any atom is -0.326 e. The van der Waals surface area contributed by atoms with E-state index in [0.717, 1.165) is 19.1 Å². The Labute approximate surface area is 246 Å². The molecule has 0 unspecified atom stereocenters. The highest BCUT2D eigenvalue weighted by Gasteiger charge is 2.67. The van der Waals surface area contributed by atoms with Gasteiger partial charge in [-0.05, 0) is 54.4 Å². The van der Waals surface area contributed by atoms with E-state index in [0.29, 0.717) is 16.1 Å². The lowest BCUT2D eigenvalue weighted by atomic mass is 10.1. The maximum Gasteiger partial charge on any atom is 0.257 e. The zero-order valence-corrected chi connectivity index (χ0v) is 23.8. The van der Waals surface area contributed by atoms with E-state index in [1.807, 2.05) is 5.32 Å². The average Bonchev–Trinajstić information content (AvgIpc) is 3.44. The van der Waals surface area contributed by atoms with Crippen molar-refractivity contribution in [2.24, 2.45) is 5.92 Å². The number of rotatable bonds is 6. The van der Waals surface area contributed by atoms with Crippen LogP contribution in [-0.2, 0) is 9.59 Å². The van der Waals surface area contributed by atoms with Gasteiger partial charge >= 0.3 is 0 Å². The quantitative estimate of drug-likeness (QED) is 0.240. The molecule has 0 aliphatic heterocycles. The molecule has 0 heterocycles. The van der Waals surface area contributed by atoms with E-state index in [1.165, 1.54) is 12.1 Å². The maximum atomic E-state index is 14.8. The van der Waals surface area contributed by atoms with Gasteiger partial charge in [-0.2, -0.15) is 0 Å². The van der Waals surface area contributed by atoms with Crippen molar-refractivity contribution in [3.8, 4) is 0 Å². The highest BCUT2D eigenvalue weighted by Crippen LogP contribution is 2.65. The molecule has 3 amide bonds. The Morgan fingerprint density at radius 1 is 0.897 bits per heavy atom. The molecule has 3 N–H and O–H groups in total. The topological polar surface area (TPSA) is 87.3 Å². The minimum absolute atomic E-state index is 0.0410. The van der Waals surface area contributed by atoms with Crippen LogP contribution in [-0.4, -0.2) is 22.1 Å². The summed E-state index contributed by atoms with van der Waals surface area (Å²) in [7, 11) is 0. The van der Waals surface area contributed by atoms with E-state index >= 15 is 0 Å². The summed E-state index contributed by atoms with van der Waals surface area (Å²) in [5.41, 5.74) is 0.0472. The van der Waals surface area contributed by atoms with Crippen LogP contribution in [0.15, 0.2) is 42.5 Å². The van der Waals surface area contributed by atoms with Crippen LogP contribution in [0.5, 0.6) is 0 Å². The Hall–Kier alpha value is -2.62. The number of halogens is 7. The number of benzene rings is 3. The molecular weight excluding hydrogens is 618 g/mol. The number of amides is 3. The number of nitrogens with one attached hydrogen (secondary N) is 3. The first-order chi connectivity index (χ1) is 18.2. The van der Waals surface area contributed by atoms with E-state index in [1.54, 1.807) is 25.1 Å². The van der Waals surface area contributed by atoms with E-state index < -0.39 is 56.9 Å². The van der Waals surface area contributed by atoms with Gasteiger partial charge < -0.3 is 16.0 Å². The molecule has 0 bridgehead atoms. The number of carbonyl (C=O) groups is 3. The van der Waals surface area contributed by atoms with Crippen molar-refractivity contribution in [2.45, 2.75) is 24.1 Å². The first-order valence-corrected chi connectivity index (χ1v) is 13.1. The van der Waals surface area contributed by atoms with Crippen LogP contribution >= 0.6 is 58.0 Å². The largest absolute Gasteiger partial charge is 0.326 e. The molecule has 6 nitrogen and oxygen atoms in total. The molecule has 1 aliphatic carbocycles. The molecule has 0 spiro atoms. The number of anilines is 3. The maximum absolute atomic E-state index is 14.8. The summed E-state index contributed by atoms with van der Waals surface area (Å²) in [6, 6.07) is 9.54. The predicted molar refractivity (Wildman–Crippen MR) is 151 cm³/mol.